The molecule has 1 aromatic rings. The molecular weight excluding hydrogens is 204 g/mol. The highest BCUT2D eigenvalue weighted by Gasteiger charge is 1.88. The highest BCUT2D eigenvalue weighted by molar-refractivity contribution is 9.10. The smallest absolute Gasteiger partial charge is 0.0964 e. The predicted molar refractivity (Wildman–Crippen MR) is 51.1 cm³/mol. The lowest BCUT2D eigenvalue weighted by Gasteiger charge is -1.93. The first-order valence-electron chi connectivity index (χ1n) is 3.25. The maximum Gasteiger partial charge on any atom is 0.0964 e. The van der Waals surface area contributed by atoms with Crippen molar-refractivity contribution < 1.29 is 0 Å². The second kappa shape index (κ2) is 3.53. The van der Waals surface area contributed by atoms with Gasteiger partial charge in [-0.25, -0.2) is 4.99 Å². The first-order chi connectivity index (χ1) is 5.18. The van der Waals surface area contributed by atoms with Gasteiger partial charge in [-0.15, -0.1) is 0 Å². The topological polar surface area (TPSA) is 38.4 Å². The van der Waals surface area contributed by atoms with Gasteiger partial charge in [0, 0.05) is 4.47 Å². The predicted octanol–water partition coefficient (Wildman–Crippen LogP) is 2.46. The zero-order chi connectivity index (χ0) is 8.27. The summed E-state index contributed by atoms with van der Waals surface area (Å²) in [6, 6.07) is 7.67. The van der Waals surface area contributed by atoms with Crippen LogP contribution < -0.4 is 5.73 Å². The van der Waals surface area contributed by atoms with E-state index in [9.17, 15) is 0 Å². The van der Waals surface area contributed by atoms with E-state index in [4.69, 9.17) is 5.73 Å². The van der Waals surface area contributed by atoms with Gasteiger partial charge in [0.25, 0.3) is 0 Å². The molecule has 0 bridgehead atoms. The van der Waals surface area contributed by atoms with Crippen molar-refractivity contribution in [3.05, 3.63) is 28.7 Å². The lowest BCUT2D eigenvalue weighted by atomic mass is 10.3. The number of rotatable bonds is 1. The van der Waals surface area contributed by atoms with Crippen LogP contribution in [-0.2, 0) is 0 Å². The van der Waals surface area contributed by atoms with Crippen molar-refractivity contribution in [1.29, 1.82) is 0 Å². The van der Waals surface area contributed by atoms with Crippen LogP contribution in [0, 0.1) is 0 Å². The van der Waals surface area contributed by atoms with Crippen LogP contribution in [0.3, 0.4) is 0 Å². The molecular formula is C8H9BrN2. The molecule has 0 radical (unpaired) electrons. The number of nitrogens with two attached hydrogens (primary N) is 1. The van der Waals surface area contributed by atoms with Gasteiger partial charge in [0.2, 0.25) is 0 Å². The Hall–Kier alpha value is -0.830. The molecule has 0 aliphatic carbocycles. The van der Waals surface area contributed by atoms with Crippen LogP contribution in [0.15, 0.2) is 33.7 Å². The average Bonchev–Trinajstić information content (AvgIpc) is 1.93. The molecule has 0 spiro atoms. The Morgan fingerprint density at radius 3 is 2.36 bits per heavy atom. The Balaban J connectivity index is 2.91. The van der Waals surface area contributed by atoms with Crippen molar-refractivity contribution in [2.45, 2.75) is 6.92 Å². The minimum absolute atomic E-state index is 0.576. The lowest BCUT2D eigenvalue weighted by molar-refractivity contribution is 1.44. The monoisotopic (exact) mass is 212 g/mol. The fourth-order valence-electron chi connectivity index (χ4n) is 0.719. The number of halogens is 1. The van der Waals surface area contributed by atoms with Gasteiger partial charge in [0.05, 0.1) is 11.5 Å². The Bertz CT molecular complexity index is 260. The molecule has 11 heavy (non-hydrogen) atoms. The van der Waals surface area contributed by atoms with Crippen molar-refractivity contribution in [3.8, 4) is 0 Å². The number of amidine groups is 1. The van der Waals surface area contributed by atoms with E-state index in [0.29, 0.717) is 5.84 Å². The molecule has 0 heterocycles. The van der Waals surface area contributed by atoms with E-state index in [2.05, 4.69) is 20.9 Å². The molecule has 0 amide bonds. The Morgan fingerprint density at radius 1 is 1.36 bits per heavy atom. The fraction of sp³-hybridized carbons (Fsp3) is 0.125. The summed E-state index contributed by atoms with van der Waals surface area (Å²) in [5, 5.41) is 0. The molecule has 58 valence electrons. The van der Waals surface area contributed by atoms with E-state index in [0.717, 1.165) is 10.2 Å². The summed E-state index contributed by atoms with van der Waals surface area (Å²) in [6.07, 6.45) is 0. The molecule has 0 unspecified atom stereocenters. The van der Waals surface area contributed by atoms with E-state index < -0.39 is 0 Å². The summed E-state index contributed by atoms with van der Waals surface area (Å²) in [7, 11) is 0. The average molecular weight is 213 g/mol. The molecule has 0 atom stereocenters. The third-order valence-corrected chi connectivity index (χ3v) is 1.66. The zero-order valence-corrected chi connectivity index (χ0v) is 7.80. The minimum atomic E-state index is 0.576. The minimum Gasteiger partial charge on any atom is -0.387 e. The fourth-order valence-corrected chi connectivity index (χ4v) is 0.984. The van der Waals surface area contributed by atoms with Crippen LogP contribution in [0.5, 0.6) is 0 Å². The van der Waals surface area contributed by atoms with Gasteiger partial charge >= 0.3 is 0 Å². The van der Waals surface area contributed by atoms with E-state index in [1.807, 2.05) is 24.3 Å². The van der Waals surface area contributed by atoms with Crippen molar-refractivity contribution in [2.75, 3.05) is 0 Å². The van der Waals surface area contributed by atoms with Gasteiger partial charge in [-0.1, -0.05) is 15.9 Å². The summed E-state index contributed by atoms with van der Waals surface area (Å²) >= 11 is 3.33. The van der Waals surface area contributed by atoms with Crippen LogP contribution in [0.4, 0.5) is 5.69 Å². The quantitative estimate of drug-likeness (QED) is 0.564. The first-order valence-corrected chi connectivity index (χ1v) is 4.04. The van der Waals surface area contributed by atoms with Crippen molar-refractivity contribution in [2.24, 2.45) is 10.7 Å². The number of hydrogen-bond acceptors (Lipinski definition) is 1. The van der Waals surface area contributed by atoms with Crippen LogP contribution in [0.2, 0.25) is 0 Å². The van der Waals surface area contributed by atoms with Crippen LogP contribution >= 0.6 is 15.9 Å². The molecule has 0 saturated heterocycles. The third-order valence-electron chi connectivity index (χ3n) is 1.13. The molecule has 1 rings (SSSR count). The second-order valence-corrected chi connectivity index (χ2v) is 3.15. The molecule has 2 nitrogen and oxygen atoms in total. The summed E-state index contributed by atoms with van der Waals surface area (Å²) in [5.41, 5.74) is 6.28. The van der Waals surface area contributed by atoms with Gasteiger partial charge in [-0.05, 0) is 31.2 Å². The second-order valence-electron chi connectivity index (χ2n) is 2.23. The van der Waals surface area contributed by atoms with E-state index in [-0.39, 0.29) is 0 Å². The normalized spacial score (nSPS) is 11.6. The molecule has 0 aromatic heterocycles. The Kier molecular flexibility index (Phi) is 2.65. The van der Waals surface area contributed by atoms with E-state index in [1.54, 1.807) is 6.92 Å². The number of aliphatic imine (C=N–C) groups is 1. The van der Waals surface area contributed by atoms with Crippen LogP contribution in [0.1, 0.15) is 6.92 Å². The number of hydrogen-bond donors (Lipinski definition) is 1. The largest absolute Gasteiger partial charge is 0.387 e. The van der Waals surface area contributed by atoms with Gasteiger partial charge in [0.15, 0.2) is 0 Å². The van der Waals surface area contributed by atoms with Crippen molar-refractivity contribution in [1.82, 2.24) is 0 Å². The molecule has 0 saturated carbocycles. The molecule has 0 fully saturated rings. The zero-order valence-electron chi connectivity index (χ0n) is 6.21. The molecule has 2 N–H and O–H groups in total. The summed E-state index contributed by atoms with van der Waals surface area (Å²) in [5.74, 6) is 0.576. The van der Waals surface area contributed by atoms with Crippen molar-refractivity contribution >= 4 is 27.5 Å². The maximum absolute atomic E-state index is 5.40. The van der Waals surface area contributed by atoms with Gasteiger partial charge in [-0.3, -0.25) is 0 Å². The highest BCUT2D eigenvalue weighted by atomic mass is 79.9. The highest BCUT2D eigenvalue weighted by Crippen LogP contribution is 2.16. The summed E-state index contributed by atoms with van der Waals surface area (Å²) < 4.78 is 1.05. The van der Waals surface area contributed by atoms with Gasteiger partial charge < -0.3 is 5.73 Å². The van der Waals surface area contributed by atoms with E-state index in [1.165, 1.54) is 0 Å². The SMILES string of the molecule is CC(N)=Nc1ccc(Br)cc1. The molecule has 3 heteroatoms. The number of benzene rings is 1. The lowest BCUT2D eigenvalue weighted by Crippen LogP contribution is -2.03. The maximum atomic E-state index is 5.40. The first kappa shape index (κ1) is 8.27. The van der Waals surface area contributed by atoms with Gasteiger partial charge in [0.1, 0.15) is 0 Å². The Morgan fingerprint density at radius 2 is 1.91 bits per heavy atom. The molecule has 0 aliphatic heterocycles. The number of nitrogens with zero attached hydrogens (tertiary/aromatic N) is 1. The standard InChI is InChI=1S/C8H9BrN2/c1-6(10)11-8-4-2-7(9)3-5-8/h2-5H,1H3,(H2,10,11). The summed E-state index contributed by atoms with van der Waals surface area (Å²) in [6.45, 7) is 1.77. The van der Waals surface area contributed by atoms with Crippen LogP contribution in [-0.4, -0.2) is 5.84 Å². The van der Waals surface area contributed by atoms with E-state index >= 15 is 0 Å². The third kappa shape index (κ3) is 2.72. The van der Waals surface area contributed by atoms with Gasteiger partial charge in [-0.2, -0.15) is 0 Å². The van der Waals surface area contributed by atoms with Crippen LogP contribution in [0.25, 0.3) is 0 Å². The van der Waals surface area contributed by atoms with Crippen molar-refractivity contribution in [3.63, 3.8) is 0 Å². The molecule has 0 aliphatic rings. The molecule has 1 aromatic carbocycles. The Labute approximate surface area is 74.3 Å². The summed E-state index contributed by atoms with van der Waals surface area (Å²) in [4.78, 5) is 4.07.